The van der Waals surface area contributed by atoms with Gasteiger partial charge in [-0.15, -0.1) is 0 Å². The number of aldehydes is 1. The molecule has 0 unspecified atom stereocenters. The number of carbonyl (C=O) groups excluding carboxylic acids is 2. The van der Waals surface area contributed by atoms with Gasteiger partial charge in [-0.05, 0) is 27.8 Å². The third-order valence-corrected chi connectivity index (χ3v) is 2.41. The van der Waals surface area contributed by atoms with Crippen molar-refractivity contribution < 1.29 is 14.3 Å². The van der Waals surface area contributed by atoms with Crippen LogP contribution in [0.3, 0.4) is 0 Å². The molecule has 92 valence electrons. The minimum atomic E-state index is -0.520. The van der Waals surface area contributed by atoms with Gasteiger partial charge in [0.2, 0.25) is 0 Å². The molecule has 0 aromatic heterocycles. The van der Waals surface area contributed by atoms with E-state index in [2.05, 4.69) is 0 Å². The lowest BCUT2D eigenvalue weighted by atomic mass is 10.2. The van der Waals surface area contributed by atoms with E-state index in [9.17, 15) is 9.59 Å². The lowest BCUT2D eigenvalue weighted by Crippen LogP contribution is -2.55. The molecule has 1 amide bonds. The molecule has 0 saturated carbocycles. The van der Waals surface area contributed by atoms with Crippen molar-refractivity contribution in [3.8, 4) is 0 Å². The van der Waals surface area contributed by atoms with Crippen LogP contribution < -0.4 is 0 Å². The Bertz CT molecular complexity index is 273. The van der Waals surface area contributed by atoms with Crippen LogP contribution >= 0.6 is 0 Å². The van der Waals surface area contributed by atoms with Gasteiger partial charge in [0.05, 0.1) is 0 Å². The van der Waals surface area contributed by atoms with Crippen LogP contribution in [0.5, 0.6) is 0 Å². The van der Waals surface area contributed by atoms with Gasteiger partial charge in [-0.2, -0.15) is 0 Å². The van der Waals surface area contributed by atoms with E-state index in [4.69, 9.17) is 4.74 Å². The van der Waals surface area contributed by atoms with Gasteiger partial charge in [-0.1, -0.05) is 0 Å². The molecule has 1 atom stereocenters. The summed E-state index contributed by atoms with van der Waals surface area (Å²) in [5, 5.41) is 0. The molecule has 1 fully saturated rings. The first-order valence-electron chi connectivity index (χ1n) is 5.47. The van der Waals surface area contributed by atoms with Gasteiger partial charge >= 0.3 is 6.09 Å². The lowest BCUT2D eigenvalue weighted by molar-refractivity contribution is -0.114. The number of rotatable bonds is 1. The van der Waals surface area contributed by atoms with E-state index in [1.54, 1.807) is 0 Å². The fraction of sp³-hybridized carbons (Fsp3) is 0.818. The monoisotopic (exact) mass is 228 g/mol. The minimum Gasteiger partial charge on any atom is -0.444 e. The second kappa shape index (κ2) is 4.82. The molecule has 1 saturated heterocycles. The molecule has 1 rings (SSSR count). The van der Waals surface area contributed by atoms with Crippen molar-refractivity contribution in [2.45, 2.75) is 32.4 Å². The van der Waals surface area contributed by atoms with Gasteiger partial charge in [0, 0.05) is 19.6 Å². The van der Waals surface area contributed by atoms with E-state index < -0.39 is 17.7 Å². The number of ether oxygens (including phenoxy) is 1. The van der Waals surface area contributed by atoms with Crippen LogP contribution in [0.15, 0.2) is 0 Å². The summed E-state index contributed by atoms with van der Waals surface area (Å²) in [6.45, 7) is 7.33. The number of nitrogens with zero attached hydrogens (tertiary/aromatic N) is 2. The molecule has 16 heavy (non-hydrogen) atoms. The number of piperazine rings is 1. The summed E-state index contributed by atoms with van der Waals surface area (Å²) in [6, 6.07) is -0.395. The Kier molecular flexibility index (Phi) is 3.91. The predicted octanol–water partition coefficient (Wildman–Crippen LogP) is 0.736. The lowest BCUT2D eigenvalue weighted by Gasteiger charge is -2.37. The quantitative estimate of drug-likeness (QED) is 0.621. The Balaban J connectivity index is 2.64. The molecule has 0 aromatic carbocycles. The predicted molar refractivity (Wildman–Crippen MR) is 60.3 cm³/mol. The van der Waals surface area contributed by atoms with Crippen LogP contribution in [0.25, 0.3) is 0 Å². The molecule has 0 aromatic rings. The molecule has 1 aliphatic heterocycles. The highest BCUT2D eigenvalue weighted by Crippen LogP contribution is 2.14. The summed E-state index contributed by atoms with van der Waals surface area (Å²) in [6.07, 6.45) is 0.400. The highest BCUT2D eigenvalue weighted by Gasteiger charge is 2.31. The first-order chi connectivity index (χ1) is 7.33. The standard InChI is InChI=1S/C11H20N2O3/c1-11(2,3)16-10(15)13-6-5-12(4)7-9(13)8-14/h8-9H,5-7H2,1-4H3/t9-/m1/s1. The fourth-order valence-electron chi connectivity index (χ4n) is 1.62. The van der Waals surface area contributed by atoms with E-state index in [1.807, 2.05) is 32.7 Å². The van der Waals surface area contributed by atoms with Crippen molar-refractivity contribution >= 4 is 12.4 Å². The maximum absolute atomic E-state index is 11.8. The Morgan fingerprint density at radius 3 is 2.50 bits per heavy atom. The van der Waals surface area contributed by atoms with E-state index in [-0.39, 0.29) is 0 Å². The number of likely N-dealkylation sites (N-methyl/N-ethyl adjacent to an activating group) is 1. The molecule has 1 heterocycles. The SMILES string of the molecule is CN1CCN(C(=O)OC(C)(C)C)[C@@H](C=O)C1. The largest absolute Gasteiger partial charge is 0.444 e. The first-order valence-corrected chi connectivity index (χ1v) is 5.47. The molecule has 5 heteroatoms. The van der Waals surface area contributed by atoms with Crippen LogP contribution in [0, 0.1) is 0 Å². The molecular weight excluding hydrogens is 208 g/mol. The van der Waals surface area contributed by atoms with Crippen LogP contribution in [0.1, 0.15) is 20.8 Å². The number of amides is 1. The molecule has 1 aliphatic rings. The normalized spacial score (nSPS) is 23.0. The van der Waals surface area contributed by atoms with Crippen LogP contribution in [-0.4, -0.2) is 60.5 Å². The summed E-state index contributed by atoms with van der Waals surface area (Å²) >= 11 is 0. The van der Waals surface area contributed by atoms with Crippen molar-refractivity contribution in [3.05, 3.63) is 0 Å². The van der Waals surface area contributed by atoms with Gasteiger partial charge < -0.3 is 14.4 Å². The third-order valence-electron chi connectivity index (χ3n) is 2.41. The molecular formula is C11H20N2O3. The maximum Gasteiger partial charge on any atom is 0.410 e. The highest BCUT2D eigenvalue weighted by molar-refractivity contribution is 5.74. The highest BCUT2D eigenvalue weighted by atomic mass is 16.6. The fourth-order valence-corrected chi connectivity index (χ4v) is 1.62. The van der Waals surface area contributed by atoms with E-state index >= 15 is 0 Å². The van der Waals surface area contributed by atoms with Gasteiger partial charge in [0.15, 0.2) is 0 Å². The second-order valence-corrected chi connectivity index (χ2v) is 5.14. The summed E-state index contributed by atoms with van der Waals surface area (Å²) in [7, 11) is 1.93. The average Bonchev–Trinajstić information content (AvgIpc) is 2.14. The Labute approximate surface area is 96.3 Å². The summed E-state index contributed by atoms with van der Waals surface area (Å²) in [5.41, 5.74) is -0.520. The van der Waals surface area contributed by atoms with Crippen molar-refractivity contribution in [3.63, 3.8) is 0 Å². The smallest absolute Gasteiger partial charge is 0.410 e. The topological polar surface area (TPSA) is 49.9 Å². The van der Waals surface area contributed by atoms with E-state index in [0.29, 0.717) is 13.1 Å². The third kappa shape index (κ3) is 3.48. The molecule has 5 nitrogen and oxygen atoms in total. The van der Waals surface area contributed by atoms with Gasteiger partial charge in [-0.25, -0.2) is 4.79 Å². The van der Waals surface area contributed by atoms with Crippen LogP contribution in [0.2, 0.25) is 0 Å². The van der Waals surface area contributed by atoms with Gasteiger partial charge in [0.25, 0.3) is 0 Å². The molecule has 0 radical (unpaired) electrons. The van der Waals surface area contributed by atoms with Crippen molar-refractivity contribution in [1.29, 1.82) is 0 Å². The zero-order chi connectivity index (χ0) is 12.3. The maximum atomic E-state index is 11.8. The van der Waals surface area contributed by atoms with Crippen molar-refractivity contribution in [1.82, 2.24) is 9.80 Å². The molecule has 0 spiro atoms. The van der Waals surface area contributed by atoms with Crippen molar-refractivity contribution in [2.75, 3.05) is 26.7 Å². The van der Waals surface area contributed by atoms with E-state index in [0.717, 1.165) is 12.8 Å². The average molecular weight is 228 g/mol. The molecule has 0 aliphatic carbocycles. The Hall–Kier alpha value is -1.10. The van der Waals surface area contributed by atoms with Gasteiger partial charge in [0.1, 0.15) is 17.9 Å². The second-order valence-electron chi connectivity index (χ2n) is 5.14. The summed E-state index contributed by atoms with van der Waals surface area (Å²) in [5.74, 6) is 0. The van der Waals surface area contributed by atoms with E-state index in [1.165, 1.54) is 4.90 Å². The minimum absolute atomic E-state index is 0.395. The zero-order valence-corrected chi connectivity index (χ0v) is 10.4. The van der Waals surface area contributed by atoms with Crippen LogP contribution in [-0.2, 0) is 9.53 Å². The van der Waals surface area contributed by atoms with Crippen molar-refractivity contribution in [2.24, 2.45) is 0 Å². The van der Waals surface area contributed by atoms with Gasteiger partial charge in [-0.3, -0.25) is 4.90 Å². The zero-order valence-electron chi connectivity index (χ0n) is 10.4. The summed E-state index contributed by atoms with van der Waals surface area (Å²) in [4.78, 5) is 26.3. The Morgan fingerprint density at radius 1 is 1.38 bits per heavy atom. The summed E-state index contributed by atoms with van der Waals surface area (Å²) < 4.78 is 5.25. The first kappa shape index (κ1) is 13.0. The number of carbonyl (C=O) groups is 2. The molecule has 0 bridgehead atoms. The number of hydrogen-bond donors (Lipinski definition) is 0. The number of hydrogen-bond acceptors (Lipinski definition) is 4. The Morgan fingerprint density at radius 2 is 2.00 bits per heavy atom. The molecule has 0 N–H and O–H groups in total. The van der Waals surface area contributed by atoms with Crippen LogP contribution in [0.4, 0.5) is 4.79 Å².